The van der Waals surface area contributed by atoms with Crippen molar-refractivity contribution in [1.29, 1.82) is 0 Å². The predicted octanol–water partition coefficient (Wildman–Crippen LogP) is 3.30. The van der Waals surface area contributed by atoms with E-state index >= 15 is 0 Å². The minimum absolute atomic E-state index is 0.00710. The molecule has 1 heterocycles. The average Bonchev–Trinajstić information content (AvgIpc) is 2.74. The first kappa shape index (κ1) is 24.9. The molecule has 34 heavy (non-hydrogen) atoms. The van der Waals surface area contributed by atoms with Crippen molar-refractivity contribution in [3.8, 4) is 0 Å². The highest BCUT2D eigenvalue weighted by atomic mass is 35.5. The Balaban J connectivity index is 1.77. The van der Waals surface area contributed by atoms with Crippen molar-refractivity contribution in [2.45, 2.75) is 26.4 Å². The molecule has 9 nitrogen and oxygen atoms in total. The molecular weight excluding hydrogens is 483 g/mol. The van der Waals surface area contributed by atoms with Gasteiger partial charge in [-0.1, -0.05) is 47.5 Å². The summed E-state index contributed by atoms with van der Waals surface area (Å²) in [7, 11) is 0. The van der Waals surface area contributed by atoms with E-state index in [0.717, 1.165) is 15.7 Å². The standard InChI is InChI=1S/C23H20Cl2N4O5/c1-12-5-3-6-13(2)18(12)20(30)27-17-9-10-29(23(34)28-17)11-16(22(32)33)26-21(31)19-14(24)7-4-8-15(19)25/h3-10,16H,11H2,1-2H3,(H,26,31)(H,32,33)(H,27,28,30,34)/t16-/m0/s1. The van der Waals surface area contributed by atoms with Gasteiger partial charge >= 0.3 is 11.7 Å². The summed E-state index contributed by atoms with van der Waals surface area (Å²) in [5, 5.41) is 14.5. The minimum Gasteiger partial charge on any atom is -0.480 e. The highest BCUT2D eigenvalue weighted by Crippen LogP contribution is 2.24. The van der Waals surface area contributed by atoms with Crippen LogP contribution in [-0.2, 0) is 11.3 Å². The zero-order chi connectivity index (χ0) is 25.0. The molecule has 3 rings (SSSR count). The Labute approximate surface area is 204 Å². The molecule has 2 aromatic carbocycles. The number of aromatic nitrogens is 2. The van der Waals surface area contributed by atoms with Gasteiger partial charge in [0.2, 0.25) is 0 Å². The zero-order valence-corrected chi connectivity index (χ0v) is 19.6. The summed E-state index contributed by atoms with van der Waals surface area (Å²) in [5.41, 5.74) is 1.12. The minimum atomic E-state index is -1.48. The molecule has 0 saturated heterocycles. The zero-order valence-electron chi connectivity index (χ0n) is 18.1. The molecular formula is C23H20Cl2N4O5. The molecule has 1 aromatic heterocycles. The van der Waals surface area contributed by atoms with Gasteiger partial charge in [-0.15, -0.1) is 0 Å². The van der Waals surface area contributed by atoms with Crippen molar-refractivity contribution < 1.29 is 19.5 Å². The number of benzene rings is 2. The fourth-order valence-electron chi connectivity index (χ4n) is 3.32. The molecule has 0 fully saturated rings. The van der Waals surface area contributed by atoms with Gasteiger partial charge in [-0.25, -0.2) is 9.59 Å². The largest absolute Gasteiger partial charge is 0.480 e. The van der Waals surface area contributed by atoms with Gasteiger partial charge in [-0.2, -0.15) is 4.98 Å². The number of aliphatic carboxylic acids is 1. The van der Waals surface area contributed by atoms with Crippen LogP contribution < -0.4 is 16.3 Å². The van der Waals surface area contributed by atoms with Crippen LogP contribution in [0.2, 0.25) is 10.0 Å². The number of carboxylic acid groups (broad SMARTS) is 1. The average molecular weight is 503 g/mol. The number of hydrogen-bond acceptors (Lipinski definition) is 5. The normalized spacial score (nSPS) is 11.5. The summed E-state index contributed by atoms with van der Waals surface area (Å²) in [6.07, 6.45) is 1.28. The van der Waals surface area contributed by atoms with E-state index in [1.807, 2.05) is 6.07 Å². The van der Waals surface area contributed by atoms with Crippen molar-refractivity contribution in [1.82, 2.24) is 14.9 Å². The maximum atomic E-state index is 12.6. The third-order valence-corrected chi connectivity index (χ3v) is 5.63. The summed E-state index contributed by atoms with van der Waals surface area (Å²) >= 11 is 12.0. The van der Waals surface area contributed by atoms with Gasteiger partial charge in [0.1, 0.15) is 11.9 Å². The van der Waals surface area contributed by atoms with Crippen LogP contribution >= 0.6 is 23.2 Å². The molecule has 0 bridgehead atoms. The number of anilines is 1. The number of nitrogens with zero attached hydrogens (tertiary/aromatic N) is 2. The number of nitrogens with one attached hydrogen (secondary N) is 2. The molecule has 11 heteroatoms. The quantitative estimate of drug-likeness (QED) is 0.454. The summed E-state index contributed by atoms with van der Waals surface area (Å²) in [4.78, 5) is 53.2. The van der Waals surface area contributed by atoms with Gasteiger partial charge in [-0.05, 0) is 43.2 Å². The molecule has 1 atom stereocenters. The molecule has 176 valence electrons. The van der Waals surface area contributed by atoms with Crippen LogP contribution in [0.15, 0.2) is 53.5 Å². The number of aryl methyl sites for hydroxylation is 2. The van der Waals surface area contributed by atoms with Crippen molar-refractivity contribution in [3.05, 3.63) is 91.4 Å². The van der Waals surface area contributed by atoms with Crippen molar-refractivity contribution >= 4 is 46.8 Å². The van der Waals surface area contributed by atoms with E-state index < -0.39 is 36.1 Å². The maximum absolute atomic E-state index is 12.6. The summed E-state index contributed by atoms with van der Waals surface area (Å²) in [6.45, 7) is 3.17. The van der Waals surface area contributed by atoms with Crippen LogP contribution in [0.1, 0.15) is 31.8 Å². The number of amides is 2. The van der Waals surface area contributed by atoms with Crippen LogP contribution in [0.25, 0.3) is 0 Å². The number of rotatable bonds is 7. The first-order valence-electron chi connectivity index (χ1n) is 10.0. The van der Waals surface area contributed by atoms with Crippen molar-refractivity contribution in [2.24, 2.45) is 0 Å². The third-order valence-electron chi connectivity index (χ3n) is 5.00. The second-order valence-electron chi connectivity index (χ2n) is 7.43. The molecule has 0 aliphatic rings. The number of carbonyl (C=O) groups excluding carboxylic acids is 2. The Morgan fingerprint density at radius 2 is 1.56 bits per heavy atom. The summed E-state index contributed by atoms with van der Waals surface area (Å²) < 4.78 is 1.00. The lowest BCUT2D eigenvalue weighted by Gasteiger charge is -2.17. The van der Waals surface area contributed by atoms with Crippen LogP contribution in [0.4, 0.5) is 5.82 Å². The highest BCUT2D eigenvalue weighted by Gasteiger charge is 2.24. The molecule has 2 amide bonds. The van der Waals surface area contributed by atoms with Crippen LogP contribution in [0.3, 0.4) is 0 Å². The number of halogens is 2. The molecule has 0 unspecified atom stereocenters. The molecule has 0 saturated carbocycles. The van der Waals surface area contributed by atoms with Gasteiger partial charge in [0.15, 0.2) is 0 Å². The fraction of sp³-hybridized carbons (Fsp3) is 0.174. The maximum Gasteiger partial charge on any atom is 0.349 e. The number of carboxylic acids is 1. The SMILES string of the molecule is Cc1cccc(C)c1C(=O)Nc1ccn(C[C@H](NC(=O)c2c(Cl)cccc2Cl)C(=O)O)c(=O)n1. The van der Waals surface area contributed by atoms with Gasteiger partial charge in [0.25, 0.3) is 11.8 Å². The van der Waals surface area contributed by atoms with Crippen LogP contribution in [-0.4, -0.2) is 38.5 Å². The lowest BCUT2D eigenvalue weighted by atomic mass is 10.0. The van der Waals surface area contributed by atoms with Crippen molar-refractivity contribution in [2.75, 3.05) is 5.32 Å². The molecule has 3 aromatic rings. The first-order valence-corrected chi connectivity index (χ1v) is 10.8. The highest BCUT2D eigenvalue weighted by molar-refractivity contribution is 6.39. The Hall–Kier alpha value is -3.69. The molecule has 0 radical (unpaired) electrons. The van der Waals surface area contributed by atoms with E-state index in [9.17, 15) is 24.3 Å². The van der Waals surface area contributed by atoms with Gasteiger partial charge in [0, 0.05) is 11.8 Å². The second kappa shape index (κ2) is 10.5. The summed E-state index contributed by atoms with van der Waals surface area (Å²) in [5.74, 6) is -2.60. The van der Waals surface area contributed by atoms with Gasteiger partial charge in [0.05, 0.1) is 22.2 Å². The second-order valence-corrected chi connectivity index (χ2v) is 8.24. The first-order chi connectivity index (χ1) is 16.1. The van der Waals surface area contributed by atoms with E-state index in [4.69, 9.17) is 23.2 Å². The Bertz CT molecular complexity index is 1300. The lowest BCUT2D eigenvalue weighted by Crippen LogP contribution is -2.45. The smallest absolute Gasteiger partial charge is 0.349 e. The Morgan fingerprint density at radius 1 is 0.971 bits per heavy atom. The molecule has 0 aliphatic heterocycles. The molecule has 0 aliphatic carbocycles. The topological polar surface area (TPSA) is 130 Å². The van der Waals surface area contributed by atoms with E-state index in [-0.39, 0.29) is 21.4 Å². The van der Waals surface area contributed by atoms with Crippen LogP contribution in [0.5, 0.6) is 0 Å². The van der Waals surface area contributed by atoms with E-state index in [2.05, 4.69) is 15.6 Å². The Kier molecular flexibility index (Phi) is 7.70. The Morgan fingerprint density at radius 3 is 2.12 bits per heavy atom. The summed E-state index contributed by atoms with van der Waals surface area (Å²) in [6, 6.07) is 9.73. The van der Waals surface area contributed by atoms with Gasteiger partial charge < -0.3 is 15.7 Å². The molecule has 3 N–H and O–H groups in total. The van der Waals surface area contributed by atoms with E-state index in [1.165, 1.54) is 24.4 Å². The number of carbonyl (C=O) groups is 3. The molecule has 0 spiro atoms. The lowest BCUT2D eigenvalue weighted by molar-refractivity contribution is -0.139. The monoisotopic (exact) mass is 502 g/mol. The predicted molar refractivity (Wildman–Crippen MR) is 128 cm³/mol. The number of hydrogen-bond donors (Lipinski definition) is 3. The van der Waals surface area contributed by atoms with Crippen LogP contribution in [0, 0.1) is 13.8 Å². The van der Waals surface area contributed by atoms with Crippen molar-refractivity contribution in [3.63, 3.8) is 0 Å². The third kappa shape index (κ3) is 5.62. The fourth-order valence-corrected chi connectivity index (χ4v) is 3.89. The van der Waals surface area contributed by atoms with E-state index in [0.29, 0.717) is 5.56 Å². The van der Waals surface area contributed by atoms with E-state index in [1.54, 1.807) is 32.0 Å². The van der Waals surface area contributed by atoms with Gasteiger partial charge in [-0.3, -0.25) is 14.2 Å².